The third kappa shape index (κ3) is 3.94. The lowest BCUT2D eigenvalue weighted by atomic mass is 10.1. The number of halogens is 1. The molecule has 0 aliphatic rings. The molecule has 146 valence electrons. The Morgan fingerprint density at radius 2 is 1.72 bits per heavy atom. The molecule has 0 aliphatic carbocycles. The highest BCUT2D eigenvalue weighted by molar-refractivity contribution is 9.10. The number of nitrogens with one attached hydrogen (secondary N) is 2. The first-order valence-corrected chi connectivity index (χ1v) is 11.0. The van der Waals surface area contributed by atoms with Crippen LogP contribution in [0.3, 0.4) is 0 Å². The van der Waals surface area contributed by atoms with Gasteiger partial charge in [-0.05, 0) is 49.4 Å². The van der Waals surface area contributed by atoms with Crippen LogP contribution in [0.5, 0.6) is 0 Å². The molecule has 0 spiro atoms. The molecule has 29 heavy (non-hydrogen) atoms. The van der Waals surface area contributed by atoms with Gasteiger partial charge in [0.2, 0.25) is 0 Å². The second kappa shape index (κ2) is 7.46. The van der Waals surface area contributed by atoms with Gasteiger partial charge in [0.1, 0.15) is 5.69 Å². The van der Waals surface area contributed by atoms with Crippen molar-refractivity contribution in [2.75, 3.05) is 4.72 Å². The van der Waals surface area contributed by atoms with Crippen LogP contribution in [-0.2, 0) is 10.0 Å². The minimum absolute atomic E-state index is 0.134. The minimum atomic E-state index is -3.84. The Bertz CT molecular complexity index is 1380. The molecule has 1 heterocycles. The van der Waals surface area contributed by atoms with E-state index in [0.717, 1.165) is 5.56 Å². The molecule has 0 bridgehead atoms. The van der Waals surface area contributed by atoms with E-state index in [-0.39, 0.29) is 16.3 Å². The number of fused-ring (bicyclic) bond motifs is 1. The molecule has 0 unspecified atom stereocenters. The van der Waals surface area contributed by atoms with E-state index in [4.69, 9.17) is 0 Å². The fraction of sp³-hybridized carbons (Fsp3) is 0.0476. The number of aromatic nitrogens is 2. The van der Waals surface area contributed by atoms with Crippen molar-refractivity contribution < 1.29 is 8.42 Å². The lowest BCUT2D eigenvalue weighted by Crippen LogP contribution is -2.16. The first-order valence-electron chi connectivity index (χ1n) is 8.72. The van der Waals surface area contributed by atoms with E-state index in [9.17, 15) is 13.2 Å². The fourth-order valence-electron chi connectivity index (χ4n) is 2.94. The molecule has 0 aliphatic heterocycles. The SMILES string of the molecule is Cc1ccc(S(=O)(=O)Nc2cc(Br)ccc2-c2nc3ccccc3[nH]c2=O)cc1. The average Bonchev–Trinajstić information content (AvgIpc) is 2.68. The monoisotopic (exact) mass is 469 g/mol. The Kier molecular flexibility index (Phi) is 4.97. The van der Waals surface area contributed by atoms with E-state index in [1.54, 1.807) is 48.5 Å². The van der Waals surface area contributed by atoms with Gasteiger partial charge in [-0.1, -0.05) is 45.8 Å². The van der Waals surface area contributed by atoms with E-state index >= 15 is 0 Å². The van der Waals surface area contributed by atoms with Crippen LogP contribution >= 0.6 is 15.9 Å². The van der Waals surface area contributed by atoms with Crippen LogP contribution in [-0.4, -0.2) is 18.4 Å². The summed E-state index contributed by atoms with van der Waals surface area (Å²) in [4.78, 5) is 20.0. The van der Waals surface area contributed by atoms with Crippen molar-refractivity contribution in [3.05, 3.63) is 87.1 Å². The molecule has 0 fully saturated rings. The zero-order chi connectivity index (χ0) is 20.6. The van der Waals surface area contributed by atoms with Gasteiger partial charge in [-0.25, -0.2) is 13.4 Å². The predicted octanol–water partition coefficient (Wildman–Crippen LogP) is 4.46. The molecule has 8 heteroatoms. The van der Waals surface area contributed by atoms with Gasteiger partial charge in [0.15, 0.2) is 0 Å². The summed E-state index contributed by atoms with van der Waals surface area (Å²) in [6, 6.07) is 18.7. The normalized spacial score (nSPS) is 11.5. The molecule has 2 N–H and O–H groups in total. The number of rotatable bonds is 4. The molecule has 0 atom stereocenters. The summed E-state index contributed by atoms with van der Waals surface area (Å²) in [7, 11) is -3.84. The van der Waals surface area contributed by atoms with Crippen molar-refractivity contribution in [1.82, 2.24) is 9.97 Å². The molecule has 0 saturated carbocycles. The number of H-pyrrole nitrogens is 1. The number of nitrogens with zero attached hydrogens (tertiary/aromatic N) is 1. The third-order valence-electron chi connectivity index (χ3n) is 4.41. The molecule has 0 amide bonds. The predicted molar refractivity (Wildman–Crippen MR) is 117 cm³/mol. The molecule has 4 rings (SSSR count). The molecular weight excluding hydrogens is 454 g/mol. The van der Waals surface area contributed by atoms with Crippen molar-refractivity contribution in [3.63, 3.8) is 0 Å². The number of aromatic amines is 1. The highest BCUT2D eigenvalue weighted by Crippen LogP contribution is 2.30. The first kappa shape index (κ1) is 19.4. The smallest absolute Gasteiger partial charge is 0.275 e. The Labute approximate surface area is 175 Å². The van der Waals surface area contributed by atoms with Crippen LogP contribution in [0.25, 0.3) is 22.3 Å². The van der Waals surface area contributed by atoms with Crippen LogP contribution in [0.1, 0.15) is 5.56 Å². The summed E-state index contributed by atoms with van der Waals surface area (Å²) >= 11 is 3.36. The summed E-state index contributed by atoms with van der Waals surface area (Å²) in [5.74, 6) is 0. The van der Waals surface area contributed by atoms with Gasteiger partial charge in [0, 0.05) is 10.0 Å². The van der Waals surface area contributed by atoms with Crippen molar-refractivity contribution >= 4 is 42.7 Å². The van der Waals surface area contributed by atoms with Crippen LogP contribution in [0.2, 0.25) is 0 Å². The van der Waals surface area contributed by atoms with Gasteiger partial charge in [-0.3, -0.25) is 9.52 Å². The van der Waals surface area contributed by atoms with E-state index < -0.39 is 15.6 Å². The Morgan fingerprint density at radius 3 is 2.48 bits per heavy atom. The maximum Gasteiger partial charge on any atom is 0.275 e. The van der Waals surface area contributed by atoms with Gasteiger partial charge < -0.3 is 4.98 Å². The minimum Gasteiger partial charge on any atom is -0.319 e. The molecule has 0 saturated heterocycles. The lowest BCUT2D eigenvalue weighted by molar-refractivity contribution is 0.601. The number of hydrogen-bond donors (Lipinski definition) is 2. The average molecular weight is 470 g/mol. The largest absolute Gasteiger partial charge is 0.319 e. The van der Waals surface area contributed by atoms with E-state index in [1.807, 2.05) is 13.0 Å². The Hall–Kier alpha value is -2.97. The summed E-state index contributed by atoms with van der Waals surface area (Å²) < 4.78 is 29.0. The number of hydrogen-bond acceptors (Lipinski definition) is 4. The van der Waals surface area contributed by atoms with E-state index in [0.29, 0.717) is 21.1 Å². The van der Waals surface area contributed by atoms with Gasteiger partial charge in [0.25, 0.3) is 15.6 Å². The van der Waals surface area contributed by atoms with Crippen LogP contribution in [0.4, 0.5) is 5.69 Å². The van der Waals surface area contributed by atoms with Crippen molar-refractivity contribution in [2.24, 2.45) is 0 Å². The highest BCUT2D eigenvalue weighted by atomic mass is 79.9. The molecular formula is C21H16BrN3O3S. The molecule has 0 radical (unpaired) electrons. The molecule has 6 nitrogen and oxygen atoms in total. The van der Waals surface area contributed by atoms with Crippen LogP contribution in [0, 0.1) is 6.92 Å². The van der Waals surface area contributed by atoms with Crippen LogP contribution < -0.4 is 10.3 Å². The standard InChI is InChI=1S/C21H16BrN3O3S/c1-13-6-9-15(10-7-13)29(27,28)25-19-12-14(22)8-11-16(19)20-21(26)24-18-5-3-2-4-17(18)23-20/h2-12,25H,1H3,(H,24,26). The van der Waals surface area contributed by atoms with E-state index in [2.05, 4.69) is 30.6 Å². The lowest BCUT2D eigenvalue weighted by Gasteiger charge is -2.13. The number of sulfonamides is 1. The van der Waals surface area contributed by atoms with E-state index in [1.165, 1.54) is 12.1 Å². The zero-order valence-electron chi connectivity index (χ0n) is 15.3. The maximum absolute atomic E-state index is 12.9. The first-order chi connectivity index (χ1) is 13.8. The van der Waals surface area contributed by atoms with Crippen molar-refractivity contribution in [3.8, 4) is 11.3 Å². The van der Waals surface area contributed by atoms with Crippen molar-refractivity contribution in [1.29, 1.82) is 0 Å². The number of aryl methyl sites for hydroxylation is 1. The summed E-state index contributed by atoms with van der Waals surface area (Å²) in [6.07, 6.45) is 0. The topological polar surface area (TPSA) is 91.9 Å². The maximum atomic E-state index is 12.9. The second-order valence-corrected chi connectivity index (χ2v) is 9.14. The summed E-state index contributed by atoms with van der Waals surface area (Å²) in [6.45, 7) is 1.88. The number of benzene rings is 3. The van der Waals surface area contributed by atoms with Gasteiger partial charge >= 0.3 is 0 Å². The summed E-state index contributed by atoms with van der Waals surface area (Å²) in [5, 5.41) is 0. The van der Waals surface area contributed by atoms with Gasteiger partial charge in [-0.2, -0.15) is 0 Å². The van der Waals surface area contributed by atoms with Crippen LogP contribution in [0.15, 0.2) is 80.9 Å². The third-order valence-corrected chi connectivity index (χ3v) is 6.29. The quantitative estimate of drug-likeness (QED) is 0.461. The van der Waals surface area contributed by atoms with Gasteiger partial charge in [0.05, 0.1) is 21.6 Å². The summed E-state index contributed by atoms with van der Waals surface area (Å²) in [5.41, 5.74) is 2.56. The fourth-order valence-corrected chi connectivity index (χ4v) is 4.37. The Balaban J connectivity index is 1.84. The number of para-hydroxylation sites is 2. The zero-order valence-corrected chi connectivity index (χ0v) is 17.7. The second-order valence-electron chi connectivity index (χ2n) is 6.54. The van der Waals surface area contributed by atoms with Crippen molar-refractivity contribution in [2.45, 2.75) is 11.8 Å². The Morgan fingerprint density at radius 1 is 1.00 bits per heavy atom. The highest BCUT2D eigenvalue weighted by Gasteiger charge is 2.19. The molecule has 4 aromatic rings. The molecule has 1 aromatic heterocycles. The number of anilines is 1. The molecule has 3 aromatic carbocycles. The van der Waals surface area contributed by atoms with Gasteiger partial charge in [-0.15, -0.1) is 0 Å².